The van der Waals surface area contributed by atoms with Crippen molar-refractivity contribution < 1.29 is 9.53 Å². The van der Waals surface area contributed by atoms with Crippen LogP contribution in [0.4, 0.5) is 0 Å². The minimum absolute atomic E-state index is 0.112. The molecule has 0 amide bonds. The van der Waals surface area contributed by atoms with Crippen LogP contribution in [0.25, 0.3) is 0 Å². The van der Waals surface area contributed by atoms with Gasteiger partial charge in [-0.25, -0.2) is 0 Å². The topological polar surface area (TPSA) is 52.3 Å². The second-order valence-corrected chi connectivity index (χ2v) is 5.50. The molecule has 0 aromatic heterocycles. The minimum Gasteiger partial charge on any atom is -0.468 e. The molecule has 0 heterocycles. The molecule has 0 aromatic rings. The first-order chi connectivity index (χ1) is 7.07. The predicted octanol–water partition coefficient (Wildman–Crippen LogP) is 1.85. The van der Waals surface area contributed by atoms with Crippen molar-refractivity contribution in [3.63, 3.8) is 0 Å². The molecule has 86 valence electrons. The SMILES string of the molecule is CCCCC12CC(C(N)C(=O)OC)(C1)C2. The zero-order valence-corrected chi connectivity index (χ0v) is 9.71. The Morgan fingerprint density at radius 2 is 2.07 bits per heavy atom. The van der Waals surface area contributed by atoms with Crippen LogP contribution in [0.15, 0.2) is 0 Å². The fourth-order valence-corrected chi connectivity index (χ4v) is 3.61. The Morgan fingerprint density at radius 3 is 2.53 bits per heavy atom. The zero-order chi connectivity index (χ0) is 11.1. The average Bonchev–Trinajstić information content (AvgIpc) is 2.12. The lowest BCUT2D eigenvalue weighted by atomic mass is 9.32. The predicted molar refractivity (Wildman–Crippen MR) is 58.2 cm³/mol. The van der Waals surface area contributed by atoms with E-state index in [0.29, 0.717) is 5.41 Å². The molecule has 2 bridgehead atoms. The van der Waals surface area contributed by atoms with Crippen molar-refractivity contribution >= 4 is 5.97 Å². The summed E-state index contributed by atoms with van der Waals surface area (Å²) in [7, 11) is 1.42. The van der Waals surface area contributed by atoms with Gasteiger partial charge in [-0.1, -0.05) is 19.8 Å². The molecule has 3 aliphatic rings. The fraction of sp³-hybridized carbons (Fsp3) is 0.917. The van der Waals surface area contributed by atoms with E-state index in [-0.39, 0.29) is 17.4 Å². The molecule has 3 aliphatic carbocycles. The number of esters is 1. The van der Waals surface area contributed by atoms with Gasteiger partial charge in [0.25, 0.3) is 0 Å². The summed E-state index contributed by atoms with van der Waals surface area (Å²) in [6.45, 7) is 2.22. The fourth-order valence-electron chi connectivity index (χ4n) is 3.61. The van der Waals surface area contributed by atoms with Crippen molar-refractivity contribution in [1.82, 2.24) is 0 Å². The lowest BCUT2D eigenvalue weighted by Gasteiger charge is -2.72. The highest BCUT2D eigenvalue weighted by Gasteiger charge is 2.70. The van der Waals surface area contributed by atoms with Gasteiger partial charge >= 0.3 is 5.97 Å². The van der Waals surface area contributed by atoms with E-state index in [9.17, 15) is 4.79 Å². The molecule has 1 unspecified atom stereocenters. The smallest absolute Gasteiger partial charge is 0.323 e. The molecule has 15 heavy (non-hydrogen) atoms. The lowest BCUT2D eigenvalue weighted by molar-refractivity contribution is -0.225. The Bertz CT molecular complexity index is 255. The van der Waals surface area contributed by atoms with Crippen molar-refractivity contribution in [3.8, 4) is 0 Å². The van der Waals surface area contributed by atoms with Crippen LogP contribution < -0.4 is 5.73 Å². The van der Waals surface area contributed by atoms with Gasteiger partial charge in [0.2, 0.25) is 0 Å². The number of hydrogen-bond donors (Lipinski definition) is 1. The summed E-state index contributed by atoms with van der Waals surface area (Å²) >= 11 is 0. The van der Waals surface area contributed by atoms with Crippen molar-refractivity contribution in [3.05, 3.63) is 0 Å². The van der Waals surface area contributed by atoms with Crippen molar-refractivity contribution in [1.29, 1.82) is 0 Å². The Morgan fingerprint density at radius 1 is 1.47 bits per heavy atom. The summed E-state index contributed by atoms with van der Waals surface area (Å²) in [4.78, 5) is 11.3. The van der Waals surface area contributed by atoms with Crippen LogP contribution in [0.2, 0.25) is 0 Å². The summed E-state index contributed by atoms with van der Waals surface area (Å²) in [6.07, 6.45) is 7.34. The van der Waals surface area contributed by atoms with Crippen LogP contribution in [-0.2, 0) is 9.53 Å². The van der Waals surface area contributed by atoms with Crippen molar-refractivity contribution in [2.45, 2.75) is 51.5 Å². The second kappa shape index (κ2) is 3.48. The van der Waals surface area contributed by atoms with Gasteiger partial charge in [-0.3, -0.25) is 4.79 Å². The van der Waals surface area contributed by atoms with E-state index in [4.69, 9.17) is 10.5 Å². The summed E-state index contributed by atoms with van der Waals surface area (Å²) in [5.41, 5.74) is 6.59. The Balaban J connectivity index is 1.84. The van der Waals surface area contributed by atoms with Gasteiger partial charge in [-0.2, -0.15) is 0 Å². The molecule has 3 saturated carbocycles. The zero-order valence-electron chi connectivity index (χ0n) is 9.71. The van der Waals surface area contributed by atoms with Gasteiger partial charge in [-0.05, 0) is 36.5 Å². The molecule has 0 saturated heterocycles. The first-order valence-electron chi connectivity index (χ1n) is 5.91. The van der Waals surface area contributed by atoms with E-state index in [1.165, 1.54) is 26.4 Å². The normalized spacial score (nSPS) is 38.9. The van der Waals surface area contributed by atoms with Gasteiger partial charge in [-0.15, -0.1) is 0 Å². The number of ether oxygens (including phenoxy) is 1. The van der Waals surface area contributed by atoms with E-state index in [2.05, 4.69) is 6.92 Å². The molecular formula is C12H21NO2. The first kappa shape index (κ1) is 10.9. The molecule has 0 aliphatic heterocycles. The molecule has 3 rings (SSSR count). The number of methoxy groups -OCH3 is 1. The van der Waals surface area contributed by atoms with Crippen LogP contribution in [0, 0.1) is 10.8 Å². The van der Waals surface area contributed by atoms with Gasteiger partial charge in [0.15, 0.2) is 0 Å². The van der Waals surface area contributed by atoms with Gasteiger partial charge < -0.3 is 10.5 Å². The highest BCUT2D eigenvalue weighted by Crippen LogP contribution is 2.76. The van der Waals surface area contributed by atoms with E-state index in [0.717, 1.165) is 19.3 Å². The average molecular weight is 211 g/mol. The van der Waals surface area contributed by atoms with E-state index in [1.807, 2.05) is 0 Å². The molecule has 0 aromatic carbocycles. The number of rotatable bonds is 5. The number of hydrogen-bond acceptors (Lipinski definition) is 3. The molecule has 3 heteroatoms. The standard InChI is InChI=1S/C12H21NO2/c1-3-4-5-11-6-12(7-11,8-11)9(13)10(14)15-2/h9H,3-8,13H2,1-2H3. The summed E-state index contributed by atoms with van der Waals surface area (Å²) < 4.78 is 4.71. The molecule has 3 fully saturated rings. The molecule has 1 atom stereocenters. The number of carbonyl (C=O) groups excluding carboxylic acids is 1. The minimum atomic E-state index is -0.383. The summed E-state index contributed by atoms with van der Waals surface area (Å²) in [6, 6.07) is -0.383. The number of nitrogens with two attached hydrogens (primary N) is 1. The number of unbranched alkanes of at least 4 members (excludes halogenated alkanes) is 1. The van der Waals surface area contributed by atoms with Gasteiger partial charge in [0.05, 0.1) is 7.11 Å². The van der Waals surface area contributed by atoms with Crippen molar-refractivity contribution in [2.75, 3.05) is 7.11 Å². The van der Waals surface area contributed by atoms with Crippen molar-refractivity contribution in [2.24, 2.45) is 16.6 Å². The highest BCUT2D eigenvalue weighted by molar-refractivity contribution is 5.77. The molecule has 3 nitrogen and oxygen atoms in total. The van der Waals surface area contributed by atoms with E-state index in [1.54, 1.807) is 0 Å². The van der Waals surface area contributed by atoms with Gasteiger partial charge in [0, 0.05) is 0 Å². The van der Waals surface area contributed by atoms with E-state index < -0.39 is 0 Å². The molecule has 0 spiro atoms. The summed E-state index contributed by atoms with van der Waals surface area (Å²) in [5, 5.41) is 0. The lowest BCUT2D eigenvalue weighted by Crippen LogP contribution is -2.70. The van der Waals surface area contributed by atoms with Crippen LogP contribution in [0.1, 0.15) is 45.4 Å². The Kier molecular flexibility index (Phi) is 2.53. The third-order valence-corrected chi connectivity index (χ3v) is 4.36. The maximum Gasteiger partial charge on any atom is 0.323 e. The molecule has 2 N–H and O–H groups in total. The largest absolute Gasteiger partial charge is 0.468 e. The third kappa shape index (κ3) is 1.48. The second-order valence-electron chi connectivity index (χ2n) is 5.50. The highest BCUT2D eigenvalue weighted by atomic mass is 16.5. The quantitative estimate of drug-likeness (QED) is 0.706. The first-order valence-corrected chi connectivity index (χ1v) is 5.91. The Labute approximate surface area is 91.4 Å². The molecule has 0 radical (unpaired) electrons. The molecular weight excluding hydrogens is 190 g/mol. The van der Waals surface area contributed by atoms with Crippen LogP contribution in [0.3, 0.4) is 0 Å². The van der Waals surface area contributed by atoms with Crippen LogP contribution in [0.5, 0.6) is 0 Å². The van der Waals surface area contributed by atoms with E-state index >= 15 is 0 Å². The summed E-state index contributed by atoms with van der Waals surface area (Å²) in [5.74, 6) is -0.237. The third-order valence-electron chi connectivity index (χ3n) is 4.36. The van der Waals surface area contributed by atoms with Gasteiger partial charge in [0.1, 0.15) is 6.04 Å². The van der Waals surface area contributed by atoms with Crippen LogP contribution in [-0.4, -0.2) is 19.1 Å². The number of carbonyl (C=O) groups is 1. The maximum atomic E-state index is 11.3. The maximum absolute atomic E-state index is 11.3. The Hall–Kier alpha value is -0.570. The van der Waals surface area contributed by atoms with Crippen LogP contribution >= 0.6 is 0 Å². The monoisotopic (exact) mass is 211 g/mol.